The van der Waals surface area contributed by atoms with Crippen molar-refractivity contribution in [3.05, 3.63) is 63.5 Å². The minimum Gasteiger partial charge on any atom is -0.396 e. The van der Waals surface area contributed by atoms with Crippen LogP contribution >= 0.6 is 0 Å². The van der Waals surface area contributed by atoms with E-state index in [2.05, 4.69) is 21.7 Å². The Labute approximate surface area is 139 Å². The first-order chi connectivity index (χ1) is 11.6. The molecule has 7 nitrogen and oxygen atoms in total. The summed E-state index contributed by atoms with van der Waals surface area (Å²) in [5.41, 5.74) is 10.1. The average Bonchev–Trinajstić information content (AvgIpc) is 3.02. The summed E-state index contributed by atoms with van der Waals surface area (Å²) in [4.78, 5) is 15.1. The molecule has 1 heterocycles. The van der Waals surface area contributed by atoms with Crippen LogP contribution in [0.2, 0.25) is 0 Å². The highest BCUT2D eigenvalue weighted by Gasteiger charge is 2.18. The van der Waals surface area contributed by atoms with Gasteiger partial charge in [0.1, 0.15) is 0 Å². The largest absolute Gasteiger partial charge is 0.396 e. The van der Waals surface area contributed by atoms with Crippen molar-refractivity contribution >= 4 is 22.9 Å². The Hall–Kier alpha value is -3.09. The highest BCUT2D eigenvalue weighted by atomic mass is 16.6. The van der Waals surface area contributed by atoms with E-state index < -0.39 is 4.92 Å². The van der Waals surface area contributed by atoms with Crippen molar-refractivity contribution in [2.75, 3.05) is 12.4 Å². The Bertz CT molecular complexity index is 817. The molecule has 0 aliphatic heterocycles. The third-order valence-electron chi connectivity index (χ3n) is 4.03. The summed E-state index contributed by atoms with van der Waals surface area (Å²) in [6, 6.07) is 8.97. The van der Waals surface area contributed by atoms with Gasteiger partial charge in [-0.1, -0.05) is 6.07 Å². The van der Waals surface area contributed by atoms with Gasteiger partial charge >= 0.3 is 5.69 Å². The van der Waals surface area contributed by atoms with Crippen LogP contribution in [-0.2, 0) is 12.8 Å². The molecule has 0 saturated heterocycles. The van der Waals surface area contributed by atoms with Gasteiger partial charge in [0.2, 0.25) is 5.82 Å². The van der Waals surface area contributed by atoms with E-state index in [9.17, 15) is 10.1 Å². The van der Waals surface area contributed by atoms with Crippen LogP contribution in [0.5, 0.6) is 0 Å². The third kappa shape index (κ3) is 3.15. The van der Waals surface area contributed by atoms with E-state index in [4.69, 9.17) is 5.73 Å². The molecule has 0 atom stereocenters. The van der Waals surface area contributed by atoms with Crippen molar-refractivity contribution in [3.8, 4) is 0 Å². The van der Waals surface area contributed by atoms with Crippen LogP contribution in [0.25, 0.3) is 5.70 Å². The number of benzene rings is 1. The van der Waals surface area contributed by atoms with E-state index in [1.807, 2.05) is 12.1 Å². The molecule has 1 aliphatic carbocycles. The summed E-state index contributed by atoms with van der Waals surface area (Å²) in [5, 5.41) is 17.2. The molecule has 24 heavy (non-hydrogen) atoms. The lowest BCUT2D eigenvalue weighted by Gasteiger charge is -2.10. The predicted octanol–water partition coefficient (Wildman–Crippen LogP) is 2.70. The lowest BCUT2D eigenvalue weighted by Crippen LogP contribution is -2.07. The molecule has 0 fully saturated rings. The highest BCUT2D eigenvalue weighted by molar-refractivity contribution is 5.70. The molecule has 3 rings (SSSR count). The first-order valence-electron chi connectivity index (χ1n) is 7.76. The third-order valence-corrected chi connectivity index (χ3v) is 4.03. The van der Waals surface area contributed by atoms with Gasteiger partial charge in [0, 0.05) is 25.0 Å². The maximum atomic E-state index is 11.3. The smallest absolute Gasteiger partial charge is 0.311 e. The van der Waals surface area contributed by atoms with E-state index in [1.54, 1.807) is 13.2 Å². The van der Waals surface area contributed by atoms with Crippen molar-refractivity contribution in [2.24, 2.45) is 5.73 Å². The second kappa shape index (κ2) is 6.57. The lowest BCUT2D eigenvalue weighted by atomic mass is 10.1. The number of aromatic nitrogens is 1. The summed E-state index contributed by atoms with van der Waals surface area (Å²) in [5.74, 6) is 0.183. The van der Waals surface area contributed by atoms with E-state index in [0.717, 1.165) is 24.9 Å². The summed E-state index contributed by atoms with van der Waals surface area (Å²) in [6.45, 7) is 0. The molecule has 0 unspecified atom stereocenters. The zero-order valence-electron chi connectivity index (χ0n) is 13.4. The molecule has 0 radical (unpaired) electrons. The van der Waals surface area contributed by atoms with Gasteiger partial charge in [-0.05, 0) is 48.6 Å². The van der Waals surface area contributed by atoms with Crippen LogP contribution in [0.1, 0.15) is 23.2 Å². The van der Waals surface area contributed by atoms with Gasteiger partial charge in [-0.15, -0.1) is 0 Å². The van der Waals surface area contributed by atoms with Gasteiger partial charge in [0.25, 0.3) is 0 Å². The van der Waals surface area contributed by atoms with Gasteiger partial charge < -0.3 is 16.4 Å². The number of fused-ring (bicyclic) bond motifs is 1. The zero-order chi connectivity index (χ0) is 17.1. The Balaban J connectivity index is 1.97. The molecule has 1 aromatic heterocycles. The Kier molecular flexibility index (Phi) is 4.33. The molecule has 4 N–H and O–H groups in total. The SMILES string of the molecule is CN/C=C(\N)c1ccc([N+](=O)[O-])c(Nc2ccc3c(c2)CCC3)n1. The van der Waals surface area contributed by atoms with Crippen LogP contribution in [0, 0.1) is 10.1 Å². The van der Waals surface area contributed by atoms with Crippen molar-refractivity contribution in [1.82, 2.24) is 10.3 Å². The Morgan fingerprint density at radius 2 is 2.08 bits per heavy atom. The van der Waals surface area contributed by atoms with Gasteiger partial charge in [-0.25, -0.2) is 4.98 Å². The first-order valence-corrected chi connectivity index (χ1v) is 7.76. The lowest BCUT2D eigenvalue weighted by molar-refractivity contribution is -0.384. The second-order valence-corrected chi connectivity index (χ2v) is 5.67. The zero-order valence-corrected chi connectivity index (χ0v) is 13.4. The number of nitrogens with one attached hydrogen (secondary N) is 2. The van der Waals surface area contributed by atoms with E-state index in [-0.39, 0.29) is 11.5 Å². The molecule has 1 aliphatic rings. The fraction of sp³-hybridized carbons (Fsp3) is 0.235. The fourth-order valence-corrected chi connectivity index (χ4v) is 2.87. The molecular weight excluding hydrogens is 306 g/mol. The van der Waals surface area contributed by atoms with Gasteiger partial charge in [-0.2, -0.15) is 0 Å². The molecule has 1 aromatic carbocycles. The van der Waals surface area contributed by atoms with Crippen LogP contribution in [0.15, 0.2) is 36.5 Å². The summed E-state index contributed by atoms with van der Waals surface area (Å²) >= 11 is 0. The molecule has 124 valence electrons. The van der Waals surface area contributed by atoms with Crippen LogP contribution in [0.3, 0.4) is 0 Å². The maximum absolute atomic E-state index is 11.3. The minimum absolute atomic E-state index is 0.0866. The number of nitrogens with zero attached hydrogens (tertiary/aromatic N) is 2. The molecule has 0 spiro atoms. The number of nitro groups is 1. The van der Waals surface area contributed by atoms with E-state index >= 15 is 0 Å². The standard InChI is InChI=1S/C17H19N5O2/c1-19-10-14(18)15-7-8-16(22(23)24)17(21-15)20-13-6-5-11-3-2-4-12(11)9-13/h5-10,19H,2-4,18H2,1H3,(H,20,21)/b14-10-. The average molecular weight is 325 g/mol. The number of aryl methyl sites for hydroxylation is 2. The number of nitrogens with two attached hydrogens (primary N) is 1. The number of rotatable bonds is 5. The molecule has 7 heteroatoms. The molecule has 2 aromatic rings. The normalized spacial score (nSPS) is 13.5. The number of hydrogen-bond acceptors (Lipinski definition) is 6. The quantitative estimate of drug-likeness (QED) is 0.576. The van der Waals surface area contributed by atoms with E-state index in [0.29, 0.717) is 11.4 Å². The summed E-state index contributed by atoms with van der Waals surface area (Å²) in [7, 11) is 1.72. The second-order valence-electron chi connectivity index (χ2n) is 5.67. The molecular formula is C17H19N5O2. The van der Waals surface area contributed by atoms with Crippen molar-refractivity contribution < 1.29 is 4.92 Å². The monoisotopic (exact) mass is 325 g/mol. The molecule has 0 bridgehead atoms. The van der Waals surface area contributed by atoms with Crippen LogP contribution in [0.4, 0.5) is 17.2 Å². The highest BCUT2D eigenvalue weighted by Crippen LogP contribution is 2.30. The predicted molar refractivity (Wildman–Crippen MR) is 93.9 cm³/mol. The van der Waals surface area contributed by atoms with Gasteiger partial charge in [0.15, 0.2) is 0 Å². The van der Waals surface area contributed by atoms with Crippen LogP contribution < -0.4 is 16.4 Å². The first kappa shape index (κ1) is 15.8. The summed E-state index contributed by atoms with van der Waals surface area (Å²) in [6.07, 6.45) is 4.87. The van der Waals surface area contributed by atoms with Crippen molar-refractivity contribution in [1.29, 1.82) is 0 Å². The number of anilines is 2. The Morgan fingerprint density at radius 1 is 1.29 bits per heavy atom. The Morgan fingerprint density at radius 3 is 2.83 bits per heavy atom. The topological polar surface area (TPSA) is 106 Å². The van der Waals surface area contributed by atoms with Crippen LogP contribution in [-0.4, -0.2) is 17.0 Å². The molecule has 0 amide bonds. The van der Waals surface area contributed by atoms with E-state index in [1.165, 1.54) is 23.3 Å². The van der Waals surface area contributed by atoms with Gasteiger partial charge in [0.05, 0.1) is 16.3 Å². The number of pyridine rings is 1. The van der Waals surface area contributed by atoms with Gasteiger partial charge in [-0.3, -0.25) is 10.1 Å². The van der Waals surface area contributed by atoms with Crippen molar-refractivity contribution in [2.45, 2.75) is 19.3 Å². The maximum Gasteiger partial charge on any atom is 0.311 e. The summed E-state index contributed by atoms with van der Waals surface area (Å²) < 4.78 is 0. The molecule has 0 saturated carbocycles. The minimum atomic E-state index is -0.454. The number of hydrogen-bond donors (Lipinski definition) is 3. The fourth-order valence-electron chi connectivity index (χ4n) is 2.87. The van der Waals surface area contributed by atoms with Crippen molar-refractivity contribution in [3.63, 3.8) is 0 Å².